The molecule has 0 radical (unpaired) electrons. The van der Waals surface area contributed by atoms with E-state index in [-0.39, 0.29) is 10.3 Å². The molecule has 0 aliphatic carbocycles. The van der Waals surface area contributed by atoms with Gasteiger partial charge in [0.05, 0.1) is 0 Å². The Balaban J connectivity index is 2.20. The van der Waals surface area contributed by atoms with Gasteiger partial charge in [0.1, 0.15) is 15.2 Å². The highest BCUT2D eigenvalue weighted by Crippen LogP contribution is 2.26. The van der Waals surface area contributed by atoms with Gasteiger partial charge < -0.3 is 0 Å². The van der Waals surface area contributed by atoms with E-state index in [9.17, 15) is 8.42 Å². The molecule has 1 aliphatic rings. The number of sulfonamides is 1. The highest BCUT2D eigenvalue weighted by atomic mass is 32.2. The van der Waals surface area contributed by atoms with Crippen LogP contribution in [-0.4, -0.2) is 49.8 Å². The van der Waals surface area contributed by atoms with Crippen LogP contribution in [0.2, 0.25) is 0 Å². The SMILES string of the molecule is CCN1CCN(S(=O)(=O)c2ccc(C#N)s2)CC1C. The van der Waals surface area contributed by atoms with Gasteiger partial charge in [-0.25, -0.2) is 8.42 Å². The van der Waals surface area contributed by atoms with Gasteiger partial charge in [0.25, 0.3) is 10.0 Å². The maximum Gasteiger partial charge on any atom is 0.252 e. The van der Waals surface area contributed by atoms with E-state index in [1.165, 1.54) is 10.4 Å². The molecule has 5 nitrogen and oxygen atoms in total. The summed E-state index contributed by atoms with van der Waals surface area (Å²) in [5, 5.41) is 8.78. The van der Waals surface area contributed by atoms with Crippen LogP contribution in [-0.2, 0) is 10.0 Å². The molecule has 1 aliphatic heterocycles. The van der Waals surface area contributed by atoms with E-state index in [0.717, 1.165) is 24.4 Å². The zero-order valence-corrected chi connectivity index (χ0v) is 12.7. The summed E-state index contributed by atoms with van der Waals surface area (Å²) >= 11 is 1.04. The highest BCUT2D eigenvalue weighted by molar-refractivity contribution is 7.91. The van der Waals surface area contributed by atoms with E-state index < -0.39 is 10.0 Å². The molecule has 0 saturated carbocycles. The van der Waals surface area contributed by atoms with Crippen molar-refractivity contribution in [2.24, 2.45) is 0 Å². The summed E-state index contributed by atoms with van der Waals surface area (Å²) in [6.45, 7) is 6.84. The van der Waals surface area contributed by atoms with E-state index in [2.05, 4.69) is 11.8 Å². The van der Waals surface area contributed by atoms with Crippen LogP contribution in [0.15, 0.2) is 16.3 Å². The molecule has 0 bridgehead atoms. The Kier molecular flexibility index (Phi) is 4.26. The van der Waals surface area contributed by atoms with E-state index in [4.69, 9.17) is 5.26 Å². The lowest BCUT2D eigenvalue weighted by molar-refractivity contribution is 0.136. The van der Waals surface area contributed by atoms with Gasteiger partial charge in [-0.2, -0.15) is 9.57 Å². The Bertz CT molecular complexity index is 588. The van der Waals surface area contributed by atoms with Crippen molar-refractivity contribution < 1.29 is 8.42 Å². The summed E-state index contributed by atoms with van der Waals surface area (Å²) in [6.07, 6.45) is 0. The Morgan fingerprint density at radius 2 is 2.21 bits per heavy atom. The molecule has 1 saturated heterocycles. The van der Waals surface area contributed by atoms with Crippen molar-refractivity contribution in [1.29, 1.82) is 5.26 Å². The zero-order chi connectivity index (χ0) is 14.0. The number of hydrogen-bond acceptors (Lipinski definition) is 5. The van der Waals surface area contributed by atoms with Gasteiger partial charge in [-0.05, 0) is 25.6 Å². The van der Waals surface area contributed by atoms with Gasteiger partial charge in [0.15, 0.2) is 0 Å². The first-order chi connectivity index (χ1) is 8.98. The smallest absolute Gasteiger partial charge is 0.252 e. The van der Waals surface area contributed by atoms with E-state index in [1.807, 2.05) is 13.0 Å². The predicted molar refractivity (Wildman–Crippen MR) is 74.5 cm³/mol. The summed E-state index contributed by atoms with van der Waals surface area (Å²) in [5.41, 5.74) is 0. The molecule has 19 heavy (non-hydrogen) atoms. The van der Waals surface area contributed by atoms with Crippen LogP contribution in [0.25, 0.3) is 0 Å². The van der Waals surface area contributed by atoms with Gasteiger partial charge >= 0.3 is 0 Å². The van der Waals surface area contributed by atoms with Crippen LogP contribution < -0.4 is 0 Å². The van der Waals surface area contributed by atoms with E-state index in [1.54, 1.807) is 6.07 Å². The number of rotatable bonds is 3. The lowest BCUT2D eigenvalue weighted by Gasteiger charge is -2.38. The number of nitrogens with zero attached hydrogens (tertiary/aromatic N) is 3. The Labute approximate surface area is 118 Å². The maximum absolute atomic E-state index is 12.5. The molecule has 1 fully saturated rings. The molecule has 0 aromatic carbocycles. The third-order valence-corrected chi connectivity index (χ3v) is 6.74. The van der Waals surface area contributed by atoms with Gasteiger partial charge in [-0.15, -0.1) is 11.3 Å². The minimum Gasteiger partial charge on any atom is -0.298 e. The van der Waals surface area contributed by atoms with Crippen molar-refractivity contribution in [3.05, 3.63) is 17.0 Å². The molecule has 1 atom stereocenters. The van der Waals surface area contributed by atoms with Crippen molar-refractivity contribution >= 4 is 21.4 Å². The first-order valence-corrected chi connectivity index (χ1v) is 8.48. The molecule has 104 valence electrons. The first kappa shape index (κ1) is 14.5. The average Bonchev–Trinajstić information content (AvgIpc) is 2.88. The fourth-order valence-electron chi connectivity index (χ4n) is 2.30. The number of hydrogen-bond donors (Lipinski definition) is 0. The number of piperazine rings is 1. The van der Waals surface area contributed by atoms with Gasteiger partial charge in [0.2, 0.25) is 0 Å². The van der Waals surface area contributed by atoms with Crippen LogP contribution in [0.4, 0.5) is 0 Å². The molecule has 0 N–H and O–H groups in total. The third-order valence-electron chi connectivity index (χ3n) is 3.42. The summed E-state index contributed by atoms with van der Waals surface area (Å²) in [4.78, 5) is 2.69. The van der Waals surface area contributed by atoms with Crippen molar-refractivity contribution in [3.8, 4) is 6.07 Å². The van der Waals surface area contributed by atoms with Crippen molar-refractivity contribution in [2.45, 2.75) is 24.1 Å². The summed E-state index contributed by atoms with van der Waals surface area (Å²) in [5.74, 6) is 0. The summed E-state index contributed by atoms with van der Waals surface area (Å²) in [6, 6.07) is 5.28. The second kappa shape index (κ2) is 5.59. The fourth-order valence-corrected chi connectivity index (χ4v) is 5.07. The van der Waals surface area contributed by atoms with Crippen molar-refractivity contribution in [3.63, 3.8) is 0 Å². The highest BCUT2D eigenvalue weighted by Gasteiger charge is 2.32. The Hall–Kier alpha value is -0.940. The van der Waals surface area contributed by atoms with Crippen LogP contribution in [0.5, 0.6) is 0 Å². The third kappa shape index (κ3) is 2.82. The zero-order valence-electron chi connectivity index (χ0n) is 11.0. The summed E-state index contributed by atoms with van der Waals surface area (Å²) < 4.78 is 26.7. The molecule has 7 heteroatoms. The molecule has 1 unspecified atom stereocenters. The lowest BCUT2D eigenvalue weighted by Crippen LogP contribution is -2.53. The van der Waals surface area contributed by atoms with E-state index >= 15 is 0 Å². The first-order valence-electron chi connectivity index (χ1n) is 6.23. The molecular weight excluding hydrogens is 282 g/mol. The quantitative estimate of drug-likeness (QED) is 0.845. The van der Waals surface area contributed by atoms with Crippen LogP contribution in [0.1, 0.15) is 18.7 Å². The normalized spacial score (nSPS) is 22.3. The molecule has 1 aromatic rings. The predicted octanol–water partition coefficient (Wildman–Crippen LogP) is 1.33. The lowest BCUT2D eigenvalue weighted by atomic mass is 10.2. The van der Waals surface area contributed by atoms with E-state index in [0.29, 0.717) is 18.0 Å². The maximum atomic E-state index is 12.5. The molecular formula is C12H17N3O2S2. The minimum absolute atomic E-state index is 0.226. The standard InChI is InChI=1S/C12H17N3O2S2/c1-3-14-6-7-15(9-10(14)2)19(16,17)12-5-4-11(8-13)18-12/h4-5,10H,3,6-7,9H2,1-2H3. The molecule has 0 amide bonds. The molecule has 2 rings (SSSR count). The number of likely N-dealkylation sites (N-methyl/N-ethyl adjacent to an activating group) is 1. The molecule has 0 spiro atoms. The number of nitriles is 1. The average molecular weight is 299 g/mol. The van der Waals surface area contributed by atoms with Gasteiger partial charge in [0, 0.05) is 25.7 Å². The second-order valence-electron chi connectivity index (χ2n) is 4.57. The van der Waals surface area contributed by atoms with Gasteiger partial charge in [-0.3, -0.25) is 4.90 Å². The number of thiophene rings is 1. The van der Waals surface area contributed by atoms with Crippen LogP contribution in [0.3, 0.4) is 0 Å². The Morgan fingerprint density at radius 1 is 1.47 bits per heavy atom. The monoisotopic (exact) mass is 299 g/mol. The van der Waals surface area contributed by atoms with Crippen molar-refractivity contribution in [2.75, 3.05) is 26.2 Å². The van der Waals surface area contributed by atoms with Gasteiger partial charge in [-0.1, -0.05) is 6.92 Å². The summed E-state index contributed by atoms with van der Waals surface area (Å²) in [7, 11) is -3.44. The molecule has 1 aromatic heterocycles. The minimum atomic E-state index is -3.44. The van der Waals surface area contributed by atoms with Crippen molar-refractivity contribution in [1.82, 2.24) is 9.21 Å². The van der Waals surface area contributed by atoms with Crippen LogP contribution >= 0.6 is 11.3 Å². The topological polar surface area (TPSA) is 64.4 Å². The largest absolute Gasteiger partial charge is 0.298 e. The second-order valence-corrected chi connectivity index (χ2v) is 7.82. The van der Waals surface area contributed by atoms with Crippen LogP contribution in [0, 0.1) is 11.3 Å². The fraction of sp³-hybridized carbons (Fsp3) is 0.583. The molecule has 2 heterocycles. The Morgan fingerprint density at radius 3 is 2.74 bits per heavy atom.